The fourth-order valence-corrected chi connectivity index (χ4v) is 4.16. The molecule has 1 aromatic rings. The van der Waals surface area contributed by atoms with Crippen molar-refractivity contribution < 1.29 is 9.84 Å². The maximum atomic E-state index is 8.84. The molecule has 0 aromatic heterocycles. The summed E-state index contributed by atoms with van der Waals surface area (Å²) >= 11 is 0. The van der Waals surface area contributed by atoms with Crippen LogP contribution in [-0.2, 0) is 0 Å². The van der Waals surface area contributed by atoms with Gasteiger partial charge in [-0.2, -0.15) is 0 Å². The summed E-state index contributed by atoms with van der Waals surface area (Å²) in [6.45, 7) is 5.52. The molecule has 0 radical (unpaired) electrons. The number of hydrogen-bond donors (Lipinski definition) is 1. The molecule has 1 unspecified atom stereocenters. The molecule has 2 nitrogen and oxygen atoms in total. The highest BCUT2D eigenvalue weighted by molar-refractivity contribution is 5.38. The van der Waals surface area contributed by atoms with Crippen LogP contribution in [0.4, 0.5) is 0 Å². The molecule has 0 fully saturated rings. The molecule has 0 aliphatic heterocycles. The van der Waals surface area contributed by atoms with Crippen LogP contribution in [0.15, 0.2) is 24.3 Å². The van der Waals surface area contributed by atoms with E-state index >= 15 is 0 Å². The van der Waals surface area contributed by atoms with Crippen LogP contribution in [0.1, 0.15) is 129 Å². The van der Waals surface area contributed by atoms with Gasteiger partial charge in [0, 0.05) is 12.0 Å². The van der Waals surface area contributed by atoms with Crippen LogP contribution in [0.3, 0.4) is 0 Å². The smallest absolute Gasteiger partial charge is 0.119 e. The Labute approximate surface area is 199 Å². The highest BCUT2D eigenvalue weighted by atomic mass is 16.5. The van der Waals surface area contributed by atoms with E-state index in [9.17, 15) is 0 Å². The Kier molecular flexibility index (Phi) is 19.1. The van der Waals surface area contributed by atoms with Crippen molar-refractivity contribution in [2.24, 2.45) is 5.92 Å². The lowest BCUT2D eigenvalue weighted by Gasteiger charge is -2.18. The van der Waals surface area contributed by atoms with Gasteiger partial charge in [0.05, 0.1) is 13.2 Å². The maximum Gasteiger partial charge on any atom is 0.119 e. The third-order valence-corrected chi connectivity index (χ3v) is 6.24. The lowest BCUT2D eigenvalue weighted by Crippen LogP contribution is -2.12. The number of aliphatic hydroxyl groups is 1. The van der Waals surface area contributed by atoms with Crippen LogP contribution in [0.25, 0.3) is 0 Å². The van der Waals surface area contributed by atoms with E-state index in [4.69, 9.17) is 9.84 Å². The van der Waals surface area contributed by atoms with Crippen molar-refractivity contribution in [2.45, 2.75) is 123 Å². The van der Waals surface area contributed by atoms with Crippen LogP contribution < -0.4 is 4.74 Å². The SMILES string of the molecule is CCCCCCCCCCC(CCCCCCCC)COc1ccc(C#CCCO)cc1. The second kappa shape index (κ2) is 21.4. The minimum Gasteiger partial charge on any atom is -0.493 e. The summed E-state index contributed by atoms with van der Waals surface area (Å²) in [7, 11) is 0. The monoisotopic (exact) mass is 442 g/mol. The molecule has 2 heteroatoms. The average molecular weight is 443 g/mol. The van der Waals surface area contributed by atoms with Crippen LogP contribution in [-0.4, -0.2) is 18.3 Å². The topological polar surface area (TPSA) is 29.5 Å². The molecule has 0 aliphatic carbocycles. The van der Waals surface area contributed by atoms with E-state index in [0.29, 0.717) is 12.3 Å². The van der Waals surface area contributed by atoms with E-state index in [0.717, 1.165) is 17.9 Å². The van der Waals surface area contributed by atoms with Gasteiger partial charge in [0.15, 0.2) is 0 Å². The van der Waals surface area contributed by atoms with Gasteiger partial charge in [-0.1, -0.05) is 116 Å². The predicted octanol–water partition coefficient (Wildman–Crippen LogP) is 8.70. The van der Waals surface area contributed by atoms with E-state index in [1.807, 2.05) is 24.3 Å². The largest absolute Gasteiger partial charge is 0.493 e. The molecule has 1 rings (SSSR count). The van der Waals surface area contributed by atoms with Crippen LogP contribution in [0.5, 0.6) is 5.75 Å². The number of rotatable bonds is 20. The average Bonchev–Trinajstić information content (AvgIpc) is 2.81. The molecule has 0 spiro atoms. The maximum absolute atomic E-state index is 8.84. The van der Waals surface area contributed by atoms with Gasteiger partial charge in [0.1, 0.15) is 5.75 Å². The third kappa shape index (κ3) is 16.2. The summed E-state index contributed by atoms with van der Waals surface area (Å²) in [4.78, 5) is 0. The fourth-order valence-electron chi connectivity index (χ4n) is 4.16. The highest BCUT2D eigenvalue weighted by Gasteiger charge is 2.10. The van der Waals surface area contributed by atoms with Gasteiger partial charge in [0.2, 0.25) is 0 Å². The third-order valence-electron chi connectivity index (χ3n) is 6.24. The first-order valence-electron chi connectivity index (χ1n) is 13.6. The Morgan fingerprint density at radius 3 is 1.72 bits per heavy atom. The molecule has 1 aromatic carbocycles. The molecule has 0 saturated heterocycles. The predicted molar refractivity (Wildman–Crippen MR) is 139 cm³/mol. The second-order valence-corrected chi connectivity index (χ2v) is 9.30. The Hall–Kier alpha value is -1.46. The zero-order valence-electron chi connectivity index (χ0n) is 21.2. The minimum atomic E-state index is 0.118. The Morgan fingerprint density at radius 2 is 1.22 bits per heavy atom. The molecule has 0 amide bonds. The van der Waals surface area contributed by atoms with Crippen molar-refractivity contribution in [1.29, 1.82) is 0 Å². The first kappa shape index (κ1) is 28.6. The van der Waals surface area contributed by atoms with Gasteiger partial charge in [-0.05, 0) is 43.0 Å². The summed E-state index contributed by atoms with van der Waals surface area (Å²) in [6, 6.07) is 8.09. The summed E-state index contributed by atoms with van der Waals surface area (Å²) in [5.41, 5.74) is 0.980. The van der Waals surface area contributed by atoms with Crippen LogP contribution in [0.2, 0.25) is 0 Å². The number of unbranched alkanes of at least 4 members (excludes halogenated alkanes) is 12. The Morgan fingerprint density at radius 1 is 0.719 bits per heavy atom. The van der Waals surface area contributed by atoms with E-state index < -0.39 is 0 Å². The van der Waals surface area contributed by atoms with E-state index in [1.54, 1.807) is 0 Å². The van der Waals surface area contributed by atoms with Crippen LogP contribution >= 0.6 is 0 Å². The summed E-state index contributed by atoms with van der Waals surface area (Å²) in [5, 5.41) is 8.84. The molecule has 1 N–H and O–H groups in total. The Bertz CT molecular complexity index is 581. The van der Waals surface area contributed by atoms with Gasteiger partial charge < -0.3 is 9.84 Å². The summed E-state index contributed by atoms with van der Waals surface area (Å²) < 4.78 is 6.18. The van der Waals surface area contributed by atoms with Gasteiger partial charge in [-0.3, -0.25) is 0 Å². The lowest BCUT2D eigenvalue weighted by molar-refractivity contribution is 0.224. The van der Waals surface area contributed by atoms with Gasteiger partial charge in [-0.15, -0.1) is 0 Å². The van der Waals surface area contributed by atoms with Gasteiger partial charge >= 0.3 is 0 Å². The zero-order valence-corrected chi connectivity index (χ0v) is 21.2. The zero-order chi connectivity index (χ0) is 23.1. The van der Waals surface area contributed by atoms with Gasteiger partial charge in [-0.25, -0.2) is 0 Å². The normalized spacial score (nSPS) is 11.7. The number of ether oxygens (including phenoxy) is 1. The summed E-state index contributed by atoms with van der Waals surface area (Å²) in [5.74, 6) is 7.66. The highest BCUT2D eigenvalue weighted by Crippen LogP contribution is 2.21. The van der Waals surface area contributed by atoms with Gasteiger partial charge in [0.25, 0.3) is 0 Å². The van der Waals surface area contributed by atoms with Crippen molar-refractivity contribution in [2.75, 3.05) is 13.2 Å². The quantitative estimate of drug-likeness (QED) is 0.162. The number of hydrogen-bond acceptors (Lipinski definition) is 2. The Balaban J connectivity index is 2.36. The number of aliphatic hydroxyl groups excluding tert-OH is 1. The van der Waals surface area contributed by atoms with Crippen molar-refractivity contribution in [3.63, 3.8) is 0 Å². The first-order chi connectivity index (χ1) is 15.8. The molecule has 182 valence electrons. The fraction of sp³-hybridized carbons (Fsp3) is 0.733. The van der Waals surface area contributed by atoms with E-state index in [1.165, 1.54) is 103 Å². The molecule has 1 atom stereocenters. The molecule has 32 heavy (non-hydrogen) atoms. The molecular weight excluding hydrogens is 392 g/mol. The minimum absolute atomic E-state index is 0.118. The molecule has 0 aliphatic rings. The molecular formula is C30H50O2. The molecule has 0 bridgehead atoms. The van der Waals surface area contributed by atoms with Crippen molar-refractivity contribution in [1.82, 2.24) is 0 Å². The van der Waals surface area contributed by atoms with Crippen molar-refractivity contribution >= 4 is 0 Å². The molecule has 0 heterocycles. The van der Waals surface area contributed by atoms with E-state index in [-0.39, 0.29) is 6.61 Å². The lowest BCUT2D eigenvalue weighted by atomic mass is 9.94. The standard InChI is InChI=1S/C30H50O2/c1-3-5-7-9-11-12-14-16-21-29(20-15-13-10-8-6-4-2)27-32-30-24-22-28(23-25-30)19-17-18-26-31/h22-25,29,31H,3-16,18,20-21,26-27H2,1-2H3. The van der Waals surface area contributed by atoms with Crippen molar-refractivity contribution in [3.8, 4) is 17.6 Å². The summed E-state index contributed by atoms with van der Waals surface area (Å²) in [6.07, 6.45) is 22.4. The molecule has 0 saturated carbocycles. The number of benzene rings is 1. The van der Waals surface area contributed by atoms with E-state index in [2.05, 4.69) is 25.7 Å². The second-order valence-electron chi connectivity index (χ2n) is 9.30. The van der Waals surface area contributed by atoms with Crippen molar-refractivity contribution in [3.05, 3.63) is 29.8 Å². The first-order valence-corrected chi connectivity index (χ1v) is 13.6. The van der Waals surface area contributed by atoms with Crippen LogP contribution in [0, 0.1) is 17.8 Å².